The fraction of sp³-hybridized carbons (Fsp3) is 0.917. The van der Waals surface area contributed by atoms with Crippen LogP contribution in [0.15, 0.2) is 0 Å². The van der Waals surface area contributed by atoms with E-state index in [0.29, 0.717) is 24.5 Å². The van der Waals surface area contributed by atoms with Crippen molar-refractivity contribution in [3.05, 3.63) is 0 Å². The monoisotopic (exact) mass is 209 g/mol. The molecule has 0 aromatic heterocycles. The minimum Gasteiger partial charge on any atom is -0.328 e. The molecule has 0 heterocycles. The molecule has 0 spiro atoms. The van der Waals surface area contributed by atoms with Gasteiger partial charge >= 0.3 is 0 Å². The highest BCUT2D eigenvalue weighted by Crippen LogP contribution is 2.23. The first-order valence-corrected chi connectivity index (χ1v) is 6.03. The van der Waals surface area contributed by atoms with Crippen molar-refractivity contribution in [2.24, 2.45) is 5.73 Å². The zero-order chi connectivity index (χ0) is 11.3. The maximum absolute atomic E-state index is 8.64. The lowest BCUT2D eigenvalue weighted by Gasteiger charge is -2.38. The second-order valence-electron chi connectivity index (χ2n) is 4.81. The predicted molar refractivity (Wildman–Crippen MR) is 62.3 cm³/mol. The molecule has 0 aromatic rings. The van der Waals surface area contributed by atoms with E-state index in [4.69, 9.17) is 11.0 Å². The third kappa shape index (κ3) is 3.81. The Morgan fingerprint density at radius 1 is 1.33 bits per heavy atom. The lowest BCUT2D eigenvalue weighted by molar-refractivity contribution is 0.118. The van der Waals surface area contributed by atoms with Crippen LogP contribution in [0, 0.1) is 11.3 Å². The first kappa shape index (κ1) is 12.5. The lowest BCUT2D eigenvalue weighted by Crippen LogP contribution is -2.44. The Hall–Kier alpha value is -0.590. The van der Waals surface area contributed by atoms with Crippen molar-refractivity contribution in [2.75, 3.05) is 6.54 Å². The standard InChI is InChI=1S/C12H23N3/c1-10(2)15(9-3-8-13)12-6-4-11(14)5-7-12/h10-12H,3-7,9,14H2,1-2H3. The van der Waals surface area contributed by atoms with E-state index >= 15 is 0 Å². The van der Waals surface area contributed by atoms with Gasteiger partial charge in [0.05, 0.1) is 6.07 Å². The van der Waals surface area contributed by atoms with Crippen molar-refractivity contribution >= 4 is 0 Å². The van der Waals surface area contributed by atoms with Crippen molar-refractivity contribution < 1.29 is 0 Å². The summed E-state index contributed by atoms with van der Waals surface area (Å²) in [5.41, 5.74) is 5.90. The number of nitriles is 1. The second kappa shape index (κ2) is 6.09. The molecule has 1 aliphatic carbocycles. The molecular weight excluding hydrogens is 186 g/mol. The number of nitrogens with zero attached hydrogens (tertiary/aromatic N) is 2. The van der Waals surface area contributed by atoms with Gasteiger partial charge in [-0.25, -0.2) is 0 Å². The van der Waals surface area contributed by atoms with Gasteiger partial charge in [-0.15, -0.1) is 0 Å². The van der Waals surface area contributed by atoms with Crippen LogP contribution in [0.4, 0.5) is 0 Å². The fourth-order valence-corrected chi connectivity index (χ4v) is 2.47. The van der Waals surface area contributed by atoms with Gasteiger partial charge in [0, 0.05) is 31.1 Å². The molecule has 0 saturated heterocycles. The normalized spacial score (nSPS) is 26.9. The van der Waals surface area contributed by atoms with Gasteiger partial charge < -0.3 is 5.73 Å². The van der Waals surface area contributed by atoms with Gasteiger partial charge in [-0.2, -0.15) is 5.26 Å². The van der Waals surface area contributed by atoms with Crippen LogP contribution < -0.4 is 5.73 Å². The van der Waals surface area contributed by atoms with E-state index in [2.05, 4.69) is 24.8 Å². The third-order valence-corrected chi connectivity index (χ3v) is 3.36. The maximum atomic E-state index is 8.64. The summed E-state index contributed by atoms with van der Waals surface area (Å²) in [6.45, 7) is 5.34. The van der Waals surface area contributed by atoms with Crippen molar-refractivity contribution in [3.63, 3.8) is 0 Å². The van der Waals surface area contributed by atoms with E-state index in [1.54, 1.807) is 0 Å². The van der Waals surface area contributed by atoms with Gasteiger partial charge in [-0.3, -0.25) is 4.90 Å². The number of hydrogen-bond acceptors (Lipinski definition) is 3. The van der Waals surface area contributed by atoms with Gasteiger partial charge in [-0.1, -0.05) is 0 Å². The predicted octanol–water partition coefficient (Wildman–Crippen LogP) is 1.88. The van der Waals surface area contributed by atoms with Crippen LogP contribution in [0.25, 0.3) is 0 Å². The molecule has 1 saturated carbocycles. The Morgan fingerprint density at radius 2 is 1.93 bits per heavy atom. The molecule has 0 atom stereocenters. The average Bonchev–Trinajstić information content (AvgIpc) is 2.21. The Kier molecular flexibility index (Phi) is 5.07. The summed E-state index contributed by atoms with van der Waals surface area (Å²) >= 11 is 0. The molecule has 15 heavy (non-hydrogen) atoms. The zero-order valence-corrected chi connectivity index (χ0v) is 9.95. The average molecular weight is 209 g/mol. The van der Waals surface area contributed by atoms with Gasteiger partial charge in [-0.05, 0) is 39.5 Å². The highest BCUT2D eigenvalue weighted by atomic mass is 15.2. The highest BCUT2D eigenvalue weighted by Gasteiger charge is 2.25. The Morgan fingerprint density at radius 3 is 2.40 bits per heavy atom. The van der Waals surface area contributed by atoms with Crippen molar-refractivity contribution in [2.45, 2.75) is 64.1 Å². The van der Waals surface area contributed by atoms with Crippen molar-refractivity contribution in [1.29, 1.82) is 5.26 Å². The van der Waals surface area contributed by atoms with Crippen LogP contribution in [0.1, 0.15) is 46.0 Å². The summed E-state index contributed by atoms with van der Waals surface area (Å²) in [5.74, 6) is 0. The van der Waals surface area contributed by atoms with Crippen molar-refractivity contribution in [3.8, 4) is 6.07 Å². The van der Waals surface area contributed by atoms with Gasteiger partial charge in [0.15, 0.2) is 0 Å². The summed E-state index contributed by atoms with van der Waals surface area (Å²) in [7, 11) is 0. The maximum Gasteiger partial charge on any atom is 0.0635 e. The van der Waals surface area contributed by atoms with E-state index in [-0.39, 0.29) is 0 Å². The molecule has 1 aliphatic rings. The minimum absolute atomic E-state index is 0.409. The molecule has 0 radical (unpaired) electrons. The topological polar surface area (TPSA) is 53.0 Å². The van der Waals surface area contributed by atoms with Gasteiger partial charge in [0.2, 0.25) is 0 Å². The second-order valence-corrected chi connectivity index (χ2v) is 4.81. The molecule has 3 nitrogen and oxygen atoms in total. The lowest BCUT2D eigenvalue weighted by atomic mass is 9.90. The molecule has 1 fully saturated rings. The summed E-state index contributed by atoms with van der Waals surface area (Å²) in [6, 6.07) is 3.83. The van der Waals surface area contributed by atoms with E-state index in [1.807, 2.05) is 0 Å². The van der Waals surface area contributed by atoms with Crippen LogP contribution >= 0.6 is 0 Å². The Balaban J connectivity index is 2.45. The van der Waals surface area contributed by atoms with E-state index < -0.39 is 0 Å². The number of hydrogen-bond donors (Lipinski definition) is 1. The SMILES string of the molecule is CC(C)N(CCC#N)C1CCC(N)CC1. The largest absolute Gasteiger partial charge is 0.328 e. The van der Waals surface area contributed by atoms with Crippen LogP contribution in [0.5, 0.6) is 0 Å². The molecule has 2 N–H and O–H groups in total. The van der Waals surface area contributed by atoms with E-state index in [9.17, 15) is 0 Å². The number of rotatable bonds is 4. The quantitative estimate of drug-likeness (QED) is 0.769. The summed E-state index contributed by atoms with van der Waals surface area (Å²) < 4.78 is 0. The molecule has 86 valence electrons. The Bertz CT molecular complexity index is 211. The summed E-state index contributed by atoms with van der Waals surface area (Å²) in [5, 5.41) is 8.64. The first-order chi connectivity index (χ1) is 7.15. The van der Waals surface area contributed by atoms with Gasteiger partial charge in [0.25, 0.3) is 0 Å². The molecular formula is C12H23N3. The molecule has 0 amide bonds. The van der Waals surface area contributed by atoms with E-state index in [1.165, 1.54) is 12.8 Å². The van der Waals surface area contributed by atoms with Crippen LogP contribution in [-0.4, -0.2) is 29.6 Å². The smallest absolute Gasteiger partial charge is 0.0635 e. The Labute approximate surface area is 93.2 Å². The summed E-state index contributed by atoms with van der Waals surface area (Å²) in [6.07, 6.45) is 5.32. The van der Waals surface area contributed by atoms with Crippen molar-refractivity contribution in [1.82, 2.24) is 4.90 Å². The van der Waals surface area contributed by atoms with Gasteiger partial charge in [0.1, 0.15) is 0 Å². The molecule has 0 bridgehead atoms. The first-order valence-electron chi connectivity index (χ1n) is 6.03. The summed E-state index contributed by atoms with van der Waals surface area (Å²) in [4.78, 5) is 2.47. The fourth-order valence-electron chi connectivity index (χ4n) is 2.47. The molecule has 3 heteroatoms. The zero-order valence-electron chi connectivity index (χ0n) is 9.95. The third-order valence-electron chi connectivity index (χ3n) is 3.36. The van der Waals surface area contributed by atoms with E-state index in [0.717, 1.165) is 19.4 Å². The minimum atomic E-state index is 0.409. The molecule has 0 unspecified atom stereocenters. The van der Waals surface area contributed by atoms with Crippen LogP contribution in [0.3, 0.4) is 0 Å². The molecule has 0 aliphatic heterocycles. The highest BCUT2D eigenvalue weighted by molar-refractivity contribution is 4.84. The molecule has 0 aromatic carbocycles. The van der Waals surface area contributed by atoms with Crippen LogP contribution in [0.2, 0.25) is 0 Å². The molecule has 1 rings (SSSR count). The number of nitrogens with two attached hydrogens (primary N) is 1. The van der Waals surface area contributed by atoms with Crippen LogP contribution in [-0.2, 0) is 0 Å².